The van der Waals surface area contributed by atoms with Crippen LogP contribution in [-0.2, 0) is 6.42 Å². The number of anilines is 1. The molecule has 0 atom stereocenters. The maximum absolute atomic E-state index is 4.50. The van der Waals surface area contributed by atoms with Crippen LogP contribution in [0, 0.1) is 6.92 Å². The number of aromatic nitrogens is 4. The van der Waals surface area contributed by atoms with Gasteiger partial charge in [-0.05, 0) is 55.7 Å². The van der Waals surface area contributed by atoms with Crippen LogP contribution >= 0.6 is 0 Å². The first-order chi connectivity index (χ1) is 9.81. The molecule has 0 amide bonds. The van der Waals surface area contributed by atoms with Crippen molar-refractivity contribution in [3.63, 3.8) is 0 Å². The van der Waals surface area contributed by atoms with E-state index in [0.717, 1.165) is 35.7 Å². The van der Waals surface area contributed by atoms with E-state index in [1.165, 1.54) is 17.7 Å². The Morgan fingerprint density at radius 3 is 3.05 bits per heavy atom. The molecular formula is C15H15N5. The van der Waals surface area contributed by atoms with Crippen molar-refractivity contribution in [2.24, 2.45) is 0 Å². The summed E-state index contributed by atoms with van der Waals surface area (Å²) in [6.45, 7) is 3.03. The number of nitrogens with zero attached hydrogens (tertiary/aromatic N) is 4. The van der Waals surface area contributed by atoms with Gasteiger partial charge in [0.1, 0.15) is 0 Å². The molecule has 5 nitrogen and oxygen atoms in total. The number of fused-ring (bicyclic) bond motifs is 2. The number of aryl methyl sites for hydroxylation is 2. The average Bonchev–Trinajstić information content (AvgIpc) is 2.89. The Kier molecular flexibility index (Phi) is 2.45. The summed E-state index contributed by atoms with van der Waals surface area (Å²) in [4.78, 5) is 0. The lowest BCUT2D eigenvalue weighted by molar-refractivity contribution is 0.829. The summed E-state index contributed by atoms with van der Waals surface area (Å²) < 4.78 is 1.81. The van der Waals surface area contributed by atoms with Gasteiger partial charge in [0.25, 0.3) is 0 Å². The molecule has 0 bridgehead atoms. The van der Waals surface area contributed by atoms with Crippen LogP contribution in [0.15, 0.2) is 30.3 Å². The molecule has 0 saturated heterocycles. The number of hydrogen-bond donors (Lipinski definition) is 1. The van der Waals surface area contributed by atoms with Crippen molar-refractivity contribution < 1.29 is 0 Å². The summed E-state index contributed by atoms with van der Waals surface area (Å²) in [5, 5.41) is 16.4. The van der Waals surface area contributed by atoms with Gasteiger partial charge in [-0.1, -0.05) is 0 Å². The van der Waals surface area contributed by atoms with E-state index in [-0.39, 0.29) is 0 Å². The van der Waals surface area contributed by atoms with E-state index >= 15 is 0 Å². The molecule has 0 spiro atoms. The van der Waals surface area contributed by atoms with Gasteiger partial charge in [-0.25, -0.2) is 0 Å². The highest BCUT2D eigenvalue weighted by molar-refractivity contribution is 5.66. The van der Waals surface area contributed by atoms with Crippen LogP contribution in [0.2, 0.25) is 0 Å². The molecule has 0 saturated carbocycles. The standard InChI is InChI=1S/C15H15N5/c1-10-4-7-14-17-18-15(20(14)19-10)12-5-6-13-11(9-12)3-2-8-16-13/h4-7,9,16H,2-3,8H2,1H3. The Morgan fingerprint density at radius 1 is 1.15 bits per heavy atom. The Balaban J connectivity index is 1.88. The van der Waals surface area contributed by atoms with Gasteiger partial charge in [0, 0.05) is 17.8 Å². The summed E-state index contributed by atoms with van der Waals surface area (Å²) in [5.74, 6) is 0.803. The first kappa shape index (κ1) is 11.4. The Labute approximate surface area is 116 Å². The molecule has 0 aliphatic carbocycles. The summed E-state index contributed by atoms with van der Waals surface area (Å²) in [6.07, 6.45) is 2.29. The SMILES string of the molecule is Cc1ccc2nnc(-c3ccc4c(c3)CCCN4)n2n1. The highest BCUT2D eigenvalue weighted by atomic mass is 15.4. The molecule has 100 valence electrons. The molecule has 4 rings (SSSR count). The number of rotatable bonds is 1. The van der Waals surface area contributed by atoms with Crippen molar-refractivity contribution in [1.29, 1.82) is 0 Å². The average molecular weight is 265 g/mol. The summed E-state index contributed by atoms with van der Waals surface area (Å²) in [5.41, 5.74) is 5.38. The summed E-state index contributed by atoms with van der Waals surface area (Å²) in [7, 11) is 0. The lowest BCUT2D eigenvalue weighted by atomic mass is 10.0. The predicted octanol–water partition coefficient (Wildman–Crippen LogP) is 2.46. The van der Waals surface area contributed by atoms with Crippen LogP contribution in [0.5, 0.6) is 0 Å². The fraction of sp³-hybridized carbons (Fsp3) is 0.267. The Bertz CT molecular complexity index is 790. The molecule has 2 aromatic heterocycles. The van der Waals surface area contributed by atoms with Crippen LogP contribution in [0.1, 0.15) is 17.7 Å². The molecule has 1 aliphatic heterocycles. The number of nitrogens with one attached hydrogen (secondary N) is 1. The fourth-order valence-electron chi connectivity index (χ4n) is 2.67. The molecule has 3 aromatic rings. The minimum atomic E-state index is 0.779. The highest BCUT2D eigenvalue weighted by Gasteiger charge is 2.13. The smallest absolute Gasteiger partial charge is 0.185 e. The lowest BCUT2D eigenvalue weighted by Crippen LogP contribution is -2.11. The lowest BCUT2D eigenvalue weighted by Gasteiger charge is -2.18. The van der Waals surface area contributed by atoms with Gasteiger partial charge in [0.05, 0.1) is 5.69 Å². The van der Waals surface area contributed by atoms with Crippen molar-refractivity contribution in [3.05, 3.63) is 41.6 Å². The quantitative estimate of drug-likeness (QED) is 0.734. The fourth-order valence-corrected chi connectivity index (χ4v) is 2.67. The molecule has 0 fully saturated rings. The first-order valence-corrected chi connectivity index (χ1v) is 6.87. The molecule has 20 heavy (non-hydrogen) atoms. The predicted molar refractivity (Wildman–Crippen MR) is 77.8 cm³/mol. The van der Waals surface area contributed by atoms with Crippen molar-refractivity contribution in [2.45, 2.75) is 19.8 Å². The molecule has 0 unspecified atom stereocenters. The van der Waals surface area contributed by atoms with Crippen LogP contribution in [0.3, 0.4) is 0 Å². The zero-order valence-electron chi connectivity index (χ0n) is 11.3. The minimum absolute atomic E-state index is 0.779. The van der Waals surface area contributed by atoms with E-state index in [4.69, 9.17) is 0 Å². The monoisotopic (exact) mass is 265 g/mol. The van der Waals surface area contributed by atoms with Gasteiger partial charge >= 0.3 is 0 Å². The first-order valence-electron chi connectivity index (χ1n) is 6.87. The zero-order valence-corrected chi connectivity index (χ0v) is 11.3. The maximum Gasteiger partial charge on any atom is 0.185 e. The molecule has 1 N–H and O–H groups in total. The number of hydrogen-bond acceptors (Lipinski definition) is 4. The van der Waals surface area contributed by atoms with Crippen LogP contribution in [-0.4, -0.2) is 26.4 Å². The van der Waals surface area contributed by atoms with E-state index in [0.29, 0.717) is 0 Å². The third-order valence-corrected chi connectivity index (χ3v) is 3.70. The Hall–Kier alpha value is -2.43. The van der Waals surface area contributed by atoms with E-state index in [9.17, 15) is 0 Å². The molecule has 1 aliphatic rings. The normalized spacial score (nSPS) is 14.1. The van der Waals surface area contributed by atoms with Crippen molar-refractivity contribution in [1.82, 2.24) is 19.8 Å². The highest BCUT2D eigenvalue weighted by Crippen LogP contribution is 2.27. The van der Waals surface area contributed by atoms with Gasteiger partial charge in [0.15, 0.2) is 11.5 Å². The van der Waals surface area contributed by atoms with E-state index < -0.39 is 0 Å². The summed E-state index contributed by atoms with van der Waals surface area (Å²) in [6, 6.07) is 10.3. The minimum Gasteiger partial charge on any atom is -0.385 e. The molecule has 5 heteroatoms. The molecule has 1 aromatic carbocycles. The Morgan fingerprint density at radius 2 is 2.10 bits per heavy atom. The van der Waals surface area contributed by atoms with Crippen LogP contribution in [0.25, 0.3) is 17.0 Å². The molecule has 0 radical (unpaired) electrons. The van der Waals surface area contributed by atoms with E-state index in [2.05, 4.69) is 38.8 Å². The number of benzene rings is 1. The van der Waals surface area contributed by atoms with Crippen molar-refractivity contribution in [2.75, 3.05) is 11.9 Å². The largest absolute Gasteiger partial charge is 0.385 e. The van der Waals surface area contributed by atoms with Crippen LogP contribution in [0.4, 0.5) is 5.69 Å². The second-order valence-electron chi connectivity index (χ2n) is 5.17. The van der Waals surface area contributed by atoms with Gasteiger partial charge < -0.3 is 5.32 Å². The van der Waals surface area contributed by atoms with E-state index in [1.54, 1.807) is 0 Å². The van der Waals surface area contributed by atoms with Crippen molar-refractivity contribution in [3.8, 4) is 11.4 Å². The van der Waals surface area contributed by atoms with Crippen LogP contribution < -0.4 is 5.32 Å². The van der Waals surface area contributed by atoms with Gasteiger partial charge in [-0.2, -0.15) is 9.61 Å². The van der Waals surface area contributed by atoms with Gasteiger partial charge in [0.2, 0.25) is 0 Å². The van der Waals surface area contributed by atoms with Crippen molar-refractivity contribution >= 4 is 11.3 Å². The maximum atomic E-state index is 4.50. The van der Waals surface area contributed by atoms with Gasteiger partial charge in [-0.3, -0.25) is 0 Å². The topological polar surface area (TPSA) is 55.1 Å². The van der Waals surface area contributed by atoms with E-state index in [1.807, 2.05) is 23.6 Å². The second-order valence-corrected chi connectivity index (χ2v) is 5.17. The summed E-state index contributed by atoms with van der Waals surface area (Å²) >= 11 is 0. The second kappa shape index (κ2) is 4.30. The zero-order chi connectivity index (χ0) is 13.5. The third-order valence-electron chi connectivity index (χ3n) is 3.70. The molecular weight excluding hydrogens is 250 g/mol. The molecule has 3 heterocycles. The van der Waals surface area contributed by atoms with Gasteiger partial charge in [-0.15, -0.1) is 10.2 Å². The third kappa shape index (κ3) is 1.74.